The number of hydrogen-bond donors (Lipinski definition) is 0. The van der Waals surface area contributed by atoms with E-state index in [1.54, 1.807) is 7.11 Å². The lowest BCUT2D eigenvalue weighted by molar-refractivity contribution is 0.414. The van der Waals surface area contributed by atoms with Crippen LogP contribution in [0, 0.1) is 0 Å². The van der Waals surface area contributed by atoms with Gasteiger partial charge in [0.1, 0.15) is 11.8 Å². The van der Waals surface area contributed by atoms with Gasteiger partial charge in [-0.15, -0.1) is 0 Å². The average molecular weight is 387 g/mol. The maximum absolute atomic E-state index is 6.39. The van der Waals surface area contributed by atoms with Crippen molar-refractivity contribution in [3.05, 3.63) is 60.2 Å². The zero-order valence-corrected chi connectivity index (χ0v) is 16.2. The molecule has 0 fully saturated rings. The van der Waals surface area contributed by atoms with Crippen molar-refractivity contribution in [2.45, 2.75) is 29.6 Å². The molecule has 0 spiro atoms. The van der Waals surface area contributed by atoms with E-state index in [1.165, 1.54) is 0 Å². The molecule has 1 unspecified atom stereocenters. The Hall–Kier alpha value is -1.09. The molecule has 0 saturated carbocycles. The molecule has 2 nitrogen and oxygen atoms in total. The Labute approximate surface area is 159 Å². The molecule has 0 aliphatic rings. The molecule has 0 amide bonds. The molecule has 2 aromatic carbocycles. The number of para-hydroxylation sites is 1. The molecule has 0 aromatic heterocycles. The Bertz CT molecular complexity index is 611. The van der Waals surface area contributed by atoms with Crippen molar-refractivity contribution in [1.29, 1.82) is 0 Å². The fourth-order valence-electron chi connectivity index (χ4n) is 2.69. The van der Waals surface area contributed by atoms with Crippen LogP contribution >= 0.6 is 34.8 Å². The summed E-state index contributed by atoms with van der Waals surface area (Å²) in [5.41, 5.74) is 1.98. The van der Waals surface area contributed by atoms with E-state index in [4.69, 9.17) is 39.5 Å². The van der Waals surface area contributed by atoms with Crippen LogP contribution in [0.25, 0.3) is 0 Å². The van der Waals surface area contributed by atoms with Gasteiger partial charge in [0.05, 0.1) is 7.11 Å². The predicted octanol–water partition coefficient (Wildman–Crippen LogP) is 6.41. The first-order chi connectivity index (χ1) is 11.5. The molecule has 0 aliphatic heterocycles. The van der Waals surface area contributed by atoms with Gasteiger partial charge in [-0.2, -0.15) is 0 Å². The number of methoxy groups -OCH3 is 1. The van der Waals surface area contributed by atoms with Crippen LogP contribution in [0.2, 0.25) is 0 Å². The predicted molar refractivity (Wildman–Crippen MR) is 105 cm³/mol. The van der Waals surface area contributed by atoms with Crippen LogP contribution in [-0.2, 0) is 0 Å². The van der Waals surface area contributed by atoms with Crippen molar-refractivity contribution in [2.75, 3.05) is 18.6 Å². The monoisotopic (exact) mass is 385 g/mol. The summed E-state index contributed by atoms with van der Waals surface area (Å²) in [5, 5.41) is 0. The first kappa shape index (κ1) is 19.2. The van der Waals surface area contributed by atoms with Crippen LogP contribution in [0.4, 0.5) is 5.69 Å². The summed E-state index contributed by atoms with van der Waals surface area (Å²) in [4.78, 5) is 2.16. The third kappa shape index (κ3) is 4.95. The van der Waals surface area contributed by atoms with Crippen molar-refractivity contribution in [3.8, 4) is 5.75 Å². The number of nitrogens with zero attached hydrogens (tertiary/aromatic N) is 1. The van der Waals surface area contributed by atoms with Crippen LogP contribution in [-0.4, -0.2) is 17.4 Å². The van der Waals surface area contributed by atoms with E-state index in [0.29, 0.717) is 0 Å². The van der Waals surface area contributed by atoms with Gasteiger partial charge >= 0.3 is 0 Å². The van der Waals surface area contributed by atoms with Crippen molar-refractivity contribution in [3.63, 3.8) is 0 Å². The topological polar surface area (TPSA) is 12.5 Å². The van der Waals surface area contributed by atoms with E-state index >= 15 is 0 Å². The lowest BCUT2D eigenvalue weighted by atomic mass is 10.0. The van der Waals surface area contributed by atoms with E-state index in [2.05, 4.69) is 11.8 Å². The Morgan fingerprint density at radius 3 is 2.12 bits per heavy atom. The maximum Gasteiger partial charge on any atom is 0.214 e. The number of ether oxygens (including phenoxy) is 1. The molecule has 0 saturated heterocycles. The highest BCUT2D eigenvalue weighted by molar-refractivity contribution is 6.68. The highest BCUT2D eigenvalue weighted by Gasteiger charge is 2.38. The number of hydrogen-bond acceptors (Lipinski definition) is 2. The summed E-state index contributed by atoms with van der Waals surface area (Å²) in [7, 11) is 1.64. The average Bonchev–Trinajstić information content (AvgIpc) is 2.58. The number of alkyl halides is 3. The number of halogens is 3. The summed E-state index contributed by atoms with van der Waals surface area (Å²) >= 11 is 19.2. The molecule has 130 valence electrons. The molecule has 0 radical (unpaired) electrons. The first-order valence-corrected chi connectivity index (χ1v) is 9.13. The fourth-order valence-corrected chi connectivity index (χ4v) is 3.42. The van der Waals surface area contributed by atoms with Crippen molar-refractivity contribution in [1.82, 2.24) is 0 Å². The van der Waals surface area contributed by atoms with Gasteiger partial charge in [-0.25, -0.2) is 0 Å². The van der Waals surface area contributed by atoms with Gasteiger partial charge in [-0.05, 0) is 36.2 Å². The molecule has 0 N–H and O–H groups in total. The quantitative estimate of drug-likeness (QED) is 0.509. The summed E-state index contributed by atoms with van der Waals surface area (Å²) in [6, 6.07) is 17.4. The van der Waals surface area contributed by atoms with Gasteiger partial charge in [0.15, 0.2) is 0 Å². The lowest BCUT2D eigenvalue weighted by Gasteiger charge is -2.38. The van der Waals surface area contributed by atoms with Crippen LogP contribution in [0.3, 0.4) is 0 Å². The second-order valence-corrected chi connectivity index (χ2v) is 7.97. The summed E-state index contributed by atoms with van der Waals surface area (Å²) in [5.74, 6) is 0.779. The van der Waals surface area contributed by atoms with Crippen LogP contribution < -0.4 is 9.64 Å². The Balaban J connectivity index is 2.45. The molecule has 2 aromatic rings. The minimum absolute atomic E-state index is 0.387. The second kappa shape index (κ2) is 8.84. The van der Waals surface area contributed by atoms with Gasteiger partial charge in [0.25, 0.3) is 0 Å². The smallest absolute Gasteiger partial charge is 0.214 e. The molecule has 0 heterocycles. The molecular formula is C19H22Cl3NO. The van der Waals surface area contributed by atoms with Crippen molar-refractivity contribution in [2.24, 2.45) is 0 Å². The largest absolute Gasteiger partial charge is 0.497 e. The molecule has 0 bridgehead atoms. The summed E-state index contributed by atoms with van der Waals surface area (Å²) in [6.07, 6.45) is 2.08. The molecule has 2 rings (SSSR count). The standard InChI is InChI=1S/C19H22Cl3NO/c1-3-4-14-23(16-8-6-5-7-9-16)18(19(20,21)22)15-10-12-17(24-2)13-11-15/h5-13,18H,3-4,14H2,1-2H3. The number of rotatable bonds is 7. The van der Waals surface area contributed by atoms with Gasteiger partial charge < -0.3 is 9.64 Å². The van der Waals surface area contributed by atoms with Gasteiger partial charge in [0.2, 0.25) is 3.79 Å². The third-order valence-electron chi connectivity index (χ3n) is 3.89. The SMILES string of the molecule is CCCCN(c1ccccc1)C(c1ccc(OC)cc1)C(Cl)(Cl)Cl. The van der Waals surface area contributed by atoms with Crippen LogP contribution in [0.15, 0.2) is 54.6 Å². The van der Waals surface area contributed by atoms with E-state index in [9.17, 15) is 0 Å². The van der Waals surface area contributed by atoms with E-state index in [-0.39, 0.29) is 6.04 Å². The molecule has 1 atom stereocenters. The zero-order valence-electron chi connectivity index (χ0n) is 13.9. The highest BCUT2D eigenvalue weighted by Crippen LogP contribution is 2.45. The van der Waals surface area contributed by atoms with E-state index in [0.717, 1.165) is 36.4 Å². The number of benzene rings is 2. The minimum Gasteiger partial charge on any atom is -0.497 e. The normalized spacial score (nSPS) is 12.7. The number of unbranched alkanes of at least 4 members (excludes halogenated alkanes) is 1. The summed E-state index contributed by atoms with van der Waals surface area (Å²) in [6.45, 7) is 2.96. The molecular weight excluding hydrogens is 365 g/mol. The summed E-state index contributed by atoms with van der Waals surface area (Å²) < 4.78 is 3.77. The van der Waals surface area contributed by atoms with Crippen molar-refractivity contribution >= 4 is 40.5 Å². The Kier molecular flexibility index (Phi) is 7.09. The third-order valence-corrected chi connectivity index (χ3v) is 4.51. The fraction of sp³-hybridized carbons (Fsp3) is 0.368. The first-order valence-electron chi connectivity index (χ1n) is 7.99. The molecule has 5 heteroatoms. The lowest BCUT2D eigenvalue weighted by Crippen LogP contribution is -2.37. The highest BCUT2D eigenvalue weighted by atomic mass is 35.6. The van der Waals surface area contributed by atoms with Gasteiger partial charge in [-0.3, -0.25) is 0 Å². The van der Waals surface area contributed by atoms with E-state index < -0.39 is 3.79 Å². The zero-order chi connectivity index (χ0) is 17.6. The Morgan fingerprint density at radius 2 is 1.62 bits per heavy atom. The van der Waals surface area contributed by atoms with Gasteiger partial charge in [-0.1, -0.05) is 78.5 Å². The maximum atomic E-state index is 6.39. The molecule has 0 aliphatic carbocycles. The minimum atomic E-state index is -1.46. The van der Waals surface area contributed by atoms with Gasteiger partial charge in [0, 0.05) is 12.2 Å². The second-order valence-electron chi connectivity index (χ2n) is 5.60. The number of anilines is 1. The van der Waals surface area contributed by atoms with E-state index in [1.807, 2.05) is 54.6 Å². The van der Waals surface area contributed by atoms with Crippen LogP contribution in [0.5, 0.6) is 5.75 Å². The van der Waals surface area contributed by atoms with Crippen LogP contribution in [0.1, 0.15) is 31.4 Å². The van der Waals surface area contributed by atoms with Crippen molar-refractivity contribution < 1.29 is 4.74 Å². The Morgan fingerprint density at radius 1 is 1.00 bits per heavy atom. The molecule has 24 heavy (non-hydrogen) atoms.